The van der Waals surface area contributed by atoms with E-state index >= 15 is 0 Å². The summed E-state index contributed by atoms with van der Waals surface area (Å²) in [5, 5.41) is 10.8. The van der Waals surface area contributed by atoms with Gasteiger partial charge in [-0.3, -0.25) is 9.48 Å². The summed E-state index contributed by atoms with van der Waals surface area (Å²) in [5.74, 6) is -0.00668. The Morgan fingerprint density at radius 2 is 1.89 bits per heavy atom. The van der Waals surface area contributed by atoms with Crippen LogP contribution in [0.3, 0.4) is 0 Å². The van der Waals surface area contributed by atoms with Gasteiger partial charge in [-0.2, -0.15) is 5.10 Å². The third kappa shape index (κ3) is 4.26. The minimum absolute atomic E-state index is 0.00668. The van der Waals surface area contributed by atoms with Gasteiger partial charge in [0.05, 0.1) is 5.52 Å². The van der Waals surface area contributed by atoms with Crippen molar-refractivity contribution in [3.05, 3.63) is 88.2 Å². The quantitative estimate of drug-likeness (QED) is 0.483. The minimum Gasteiger partial charge on any atom is -0.352 e. The number of hydrogen-bond acceptors (Lipinski definition) is 3. The Labute approximate surface area is 162 Å². The molecular weight excluding hydrogens is 354 g/mol. The second kappa shape index (κ2) is 8.18. The summed E-state index contributed by atoms with van der Waals surface area (Å²) in [6.45, 7) is 1.41. The number of nitrogens with one attached hydrogen (secondary N) is 1. The smallest absolute Gasteiger partial charge is 0.251 e. The van der Waals surface area contributed by atoms with Crippen molar-refractivity contribution < 1.29 is 4.79 Å². The molecule has 27 heavy (non-hydrogen) atoms. The van der Waals surface area contributed by atoms with Gasteiger partial charge in [0, 0.05) is 41.5 Å². The first kappa shape index (κ1) is 17.5. The zero-order valence-corrected chi connectivity index (χ0v) is 15.8. The fourth-order valence-corrected chi connectivity index (χ4v) is 3.89. The average molecular weight is 375 g/mol. The van der Waals surface area contributed by atoms with Gasteiger partial charge in [-0.05, 0) is 35.6 Å². The number of aryl methyl sites for hydroxylation is 1. The fraction of sp³-hybridized carbons (Fsp3) is 0.182. The minimum atomic E-state index is -0.00668. The molecule has 0 bridgehead atoms. The van der Waals surface area contributed by atoms with Gasteiger partial charge >= 0.3 is 0 Å². The maximum atomic E-state index is 12.6. The molecule has 5 heteroatoms. The SMILES string of the molecule is O=C(NCCCn1cc2ccccc2n1)c1ccccc1Cc1cccs1. The summed E-state index contributed by atoms with van der Waals surface area (Å²) >= 11 is 1.72. The van der Waals surface area contributed by atoms with E-state index in [0.717, 1.165) is 41.4 Å². The zero-order valence-electron chi connectivity index (χ0n) is 15.0. The normalized spacial score (nSPS) is 11.0. The lowest BCUT2D eigenvalue weighted by Crippen LogP contribution is -2.26. The van der Waals surface area contributed by atoms with Crippen LogP contribution in [0.15, 0.2) is 72.2 Å². The Hall–Kier alpha value is -2.92. The molecule has 0 aliphatic heterocycles. The highest BCUT2D eigenvalue weighted by Crippen LogP contribution is 2.18. The van der Waals surface area contributed by atoms with E-state index in [-0.39, 0.29) is 5.91 Å². The third-order valence-electron chi connectivity index (χ3n) is 4.52. The van der Waals surface area contributed by atoms with Crippen LogP contribution in [-0.4, -0.2) is 22.2 Å². The lowest BCUT2D eigenvalue weighted by molar-refractivity contribution is 0.0952. The van der Waals surface area contributed by atoms with Crippen molar-refractivity contribution >= 4 is 28.1 Å². The summed E-state index contributed by atoms with van der Waals surface area (Å²) in [4.78, 5) is 13.9. The molecule has 0 fully saturated rings. The van der Waals surface area contributed by atoms with Crippen molar-refractivity contribution in [2.75, 3.05) is 6.54 Å². The van der Waals surface area contributed by atoms with Crippen molar-refractivity contribution in [3.63, 3.8) is 0 Å². The number of hydrogen-bond donors (Lipinski definition) is 1. The highest BCUT2D eigenvalue weighted by atomic mass is 32.1. The molecule has 4 nitrogen and oxygen atoms in total. The largest absolute Gasteiger partial charge is 0.352 e. The van der Waals surface area contributed by atoms with Gasteiger partial charge in [0.25, 0.3) is 5.91 Å². The zero-order chi connectivity index (χ0) is 18.5. The van der Waals surface area contributed by atoms with E-state index in [2.05, 4.69) is 27.9 Å². The van der Waals surface area contributed by atoms with E-state index in [4.69, 9.17) is 0 Å². The van der Waals surface area contributed by atoms with E-state index in [9.17, 15) is 4.79 Å². The molecule has 4 aromatic rings. The summed E-state index contributed by atoms with van der Waals surface area (Å²) in [7, 11) is 0. The Morgan fingerprint density at radius 1 is 1.04 bits per heavy atom. The van der Waals surface area contributed by atoms with Gasteiger partial charge in [-0.15, -0.1) is 11.3 Å². The van der Waals surface area contributed by atoms with Crippen molar-refractivity contribution in [2.24, 2.45) is 0 Å². The van der Waals surface area contributed by atoms with Crippen molar-refractivity contribution in [1.29, 1.82) is 0 Å². The lowest BCUT2D eigenvalue weighted by Gasteiger charge is -2.10. The van der Waals surface area contributed by atoms with Crippen LogP contribution in [0.2, 0.25) is 0 Å². The molecule has 0 radical (unpaired) electrons. The van der Waals surface area contributed by atoms with Crippen LogP contribution < -0.4 is 5.32 Å². The maximum Gasteiger partial charge on any atom is 0.251 e. The molecule has 0 saturated heterocycles. The van der Waals surface area contributed by atoms with Crippen LogP contribution in [0.1, 0.15) is 27.2 Å². The molecule has 2 aromatic heterocycles. The van der Waals surface area contributed by atoms with Crippen molar-refractivity contribution in [3.8, 4) is 0 Å². The van der Waals surface area contributed by atoms with Gasteiger partial charge in [-0.1, -0.05) is 42.5 Å². The molecule has 0 saturated carbocycles. The number of carbonyl (C=O) groups is 1. The highest BCUT2D eigenvalue weighted by Gasteiger charge is 2.11. The molecule has 0 aliphatic rings. The Kier molecular flexibility index (Phi) is 5.30. The predicted molar refractivity (Wildman–Crippen MR) is 110 cm³/mol. The average Bonchev–Trinajstić information content (AvgIpc) is 3.34. The van der Waals surface area contributed by atoms with Gasteiger partial charge < -0.3 is 5.32 Å². The van der Waals surface area contributed by atoms with Crippen LogP contribution in [0, 0.1) is 0 Å². The van der Waals surface area contributed by atoms with Crippen molar-refractivity contribution in [2.45, 2.75) is 19.4 Å². The van der Waals surface area contributed by atoms with Gasteiger partial charge in [0.1, 0.15) is 0 Å². The Morgan fingerprint density at radius 3 is 2.74 bits per heavy atom. The molecule has 0 unspecified atom stereocenters. The summed E-state index contributed by atoms with van der Waals surface area (Å²) in [6, 6.07) is 20.1. The van der Waals surface area contributed by atoms with E-state index < -0.39 is 0 Å². The highest BCUT2D eigenvalue weighted by molar-refractivity contribution is 7.09. The molecular formula is C22H21N3OS. The van der Waals surface area contributed by atoms with Gasteiger partial charge in [0.2, 0.25) is 0 Å². The molecule has 136 valence electrons. The van der Waals surface area contributed by atoms with E-state index in [1.54, 1.807) is 11.3 Å². The first-order chi connectivity index (χ1) is 13.3. The number of rotatable bonds is 7. The second-order valence-electron chi connectivity index (χ2n) is 6.47. The van der Waals surface area contributed by atoms with E-state index in [0.29, 0.717) is 6.54 Å². The molecule has 4 rings (SSSR count). The van der Waals surface area contributed by atoms with Crippen LogP contribution in [-0.2, 0) is 13.0 Å². The molecule has 1 amide bonds. The van der Waals surface area contributed by atoms with E-state index in [1.807, 2.05) is 59.4 Å². The van der Waals surface area contributed by atoms with Crippen LogP contribution in [0.25, 0.3) is 10.9 Å². The number of aromatic nitrogens is 2. The van der Waals surface area contributed by atoms with Crippen LogP contribution >= 0.6 is 11.3 Å². The predicted octanol–water partition coefficient (Wildman–Crippen LogP) is 4.51. The number of benzene rings is 2. The summed E-state index contributed by atoms with van der Waals surface area (Å²) in [5.41, 5.74) is 2.83. The molecule has 2 heterocycles. The first-order valence-corrected chi connectivity index (χ1v) is 9.98. The number of nitrogens with zero attached hydrogens (tertiary/aromatic N) is 2. The van der Waals surface area contributed by atoms with Crippen LogP contribution in [0.5, 0.6) is 0 Å². The lowest BCUT2D eigenvalue weighted by atomic mass is 10.0. The molecule has 0 atom stereocenters. The first-order valence-electron chi connectivity index (χ1n) is 9.10. The van der Waals surface area contributed by atoms with Crippen LogP contribution in [0.4, 0.5) is 0 Å². The van der Waals surface area contributed by atoms with Gasteiger partial charge in [0.15, 0.2) is 0 Å². The standard InChI is InChI=1S/C22H21N3OS/c26-22(20-10-3-1-7-17(20)15-19-9-5-14-27-19)23-12-6-13-25-16-18-8-2-4-11-21(18)24-25/h1-5,7-11,14,16H,6,12-13,15H2,(H,23,26). The van der Waals surface area contributed by atoms with Crippen molar-refractivity contribution in [1.82, 2.24) is 15.1 Å². The summed E-state index contributed by atoms with van der Waals surface area (Å²) < 4.78 is 1.95. The molecule has 0 spiro atoms. The maximum absolute atomic E-state index is 12.6. The third-order valence-corrected chi connectivity index (χ3v) is 5.39. The Balaban J connectivity index is 1.33. The fourth-order valence-electron chi connectivity index (χ4n) is 3.17. The molecule has 2 aromatic carbocycles. The molecule has 0 aliphatic carbocycles. The number of amides is 1. The Bertz CT molecular complexity index is 1000. The monoisotopic (exact) mass is 375 g/mol. The topological polar surface area (TPSA) is 46.9 Å². The summed E-state index contributed by atoms with van der Waals surface area (Å²) in [6.07, 6.45) is 3.68. The van der Waals surface area contributed by atoms with E-state index in [1.165, 1.54) is 4.88 Å². The number of thiophene rings is 1. The molecule has 1 N–H and O–H groups in total. The number of carbonyl (C=O) groups excluding carboxylic acids is 1. The number of fused-ring (bicyclic) bond motifs is 1. The van der Waals surface area contributed by atoms with Gasteiger partial charge in [-0.25, -0.2) is 0 Å². The second-order valence-corrected chi connectivity index (χ2v) is 7.51.